The third kappa shape index (κ3) is 12.2. The number of carbonyl (C=O) groups excluding carboxylic acids is 4. The van der Waals surface area contributed by atoms with Crippen LogP contribution in [0.1, 0.15) is 103 Å². The average molecular weight is 766 g/mol. The number of aromatic nitrogens is 3. The number of rotatable bonds is 12. The van der Waals surface area contributed by atoms with Crippen LogP contribution in [-0.2, 0) is 29.3 Å². The number of hydrogen-bond acceptors (Lipinski definition) is 12. The summed E-state index contributed by atoms with van der Waals surface area (Å²) in [5.74, 6) is -0.899. The summed E-state index contributed by atoms with van der Waals surface area (Å²) in [6.07, 6.45) is 5.93. The number of pyridine rings is 1. The number of nitrogens with zero attached hydrogens (tertiary/aromatic N) is 6. The van der Waals surface area contributed by atoms with Crippen LogP contribution in [0.3, 0.4) is 0 Å². The number of hydrogen-bond donors (Lipinski definition) is 1. The number of piperazine rings is 1. The Labute approximate surface area is 321 Å². The van der Waals surface area contributed by atoms with Crippen LogP contribution >= 0.6 is 11.3 Å². The van der Waals surface area contributed by atoms with Crippen LogP contribution in [0.4, 0.5) is 10.9 Å². The minimum atomic E-state index is -0.719. The molecule has 1 fully saturated rings. The van der Waals surface area contributed by atoms with Crippen molar-refractivity contribution in [3.05, 3.63) is 57.0 Å². The van der Waals surface area contributed by atoms with Gasteiger partial charge in [0.2, 0.25) is 5.91 Å². The molecule has 0 radical (unpaired) electrons. The van der Waals surface area contributed by atoms with Gasteiger partial charge in [0.25, 0.3) is 11.5 Å². The number of fused-ring (bicyclic) bond motifs is 1. The second-order valence-corrected chi connectivity index (χ2v) is 17.4. The Hall–Kier alpha value is -4.63. The quantitative estimate of drug-likeness (QED) is 0.148. The van der Waals surface area contributed by atoms with Gasteiger partial charge in [-0.2, -0.15) is 0 Å². The van der Waals surface area contributed by atoms with Gasteiger partial charge in [-0.15, -0.1) is 11.3 Å². The summed E-state index contributed by atoms with van der Waals surface area (Å²) in [6, 6.07) is 3.08. The van der Waals surface area contributed by atoms with E-state index in [1.807, 2.05) is 63.8 Å². The Morgan fingerprint density at radius 1 is 0.944 bits per heavy atom. The molecule has 0 spiro atoms. The summed E-state index contributed by atoms with van der Waals surface area (Å²) >= 11 is 1.34. The van der Waals surface area contributed by atoms with Gasteiger partial charge in [-0.1, -0.05) is 20.8 Å². The zero-order chi connectivity index (χ0) is 40.0. The van der Waals surface area contributed by atoms with E-state index in [2.05, 4.69) is 10.3 Å². The third-order valence-corrected chi connectivity index (χ3v) is 9.08. The molecule has 15 heteroatoms. The molecule has 0 aromatic carbocycles. The summed E-state index contributed by atoms with van der Waals surface area (Å²) in [5, 5.41) is 5.23. The summed E-state index contributed by atoms with van der Waals surface area (Å²) in [4.78, 5) is 80.1. The predicted octanol–water partition coefficient (Wildman–Crippen LogP) is 5.15. The molecule has 54 heavy (non-hydrogen) atoms. The molecule has 1 aliphatic rings. The number of ether oxygens (including phenoxy) is 2. The summed E-state index contributed by atoms with van der Waals surface area (Å²) in [6.45, 7) is 19.4. The molecular weight excluding hydrogens is 711 g/mol. The van der Waals surface area contributed by atoms with Gasteiger partial charge < -0.3 is 19.3 Å². The number of amides is 2. The number of nitrogens with one attached hydrogen (secondary N) is 1. The van der Waals surface area contributed by atoms with Gasteiger partial charge >= 0.3 is 11.9 Å². The maximum Gasteiger partial charge on any atom is 0.331 e. The lowest BCUT2D eigenvalue weighted by atomic mass is 9.93. The highest BCUT2D eigenvalue weighted by molar-refractivity contribution is 7.14. The molecule has 2 amide bonds. The zero-order valence-electron chi connectivity index (χ0n) is 33.3. The predicted molar refractivity (Wildman–Crippen MR) is 211 cm³/mol. The number of likely N-dealkylation sites (N-methyl/N-ethyl adjacent to an activating group) is 1. The first-order chi connectivity index (χ1) is 25.1. The van der Waals surface area contributed by atoms with Crippen molar-refractivity contribution in [3.8, 4) is 0 Å². The molecule has 294 valence electrons. The zero-order valence-corrected chi connectivity index (χ0v) is 34.1. The van der Waals surface area contributed by atoms with Crippen LogP contribution in [-0.4, -0.2) is 105 Å². The minimum absolute atomic E-state index is 0.0338. The smallest absolute Gasteiger partial charge is 0.331 e. The van der Waals surface area contributed by atoms with Crippen LogP contribution in [0.15, 0.2) is 34.6 Å². The van der Waals surface area contributed by atoms with E-state index in [0.29, 0.717) is 62.1 Å². The Balaban J connectivity index is 1.48. The molecule has 0 atom stereocenters. The molecule has 0 unspecified atom stereocenters. The third-order valence-electron chi connectivity index (χ3n) is 8.32. The van der Waals surface area contributed by atoms with Gasteiger partial charge in [0.1, 0.15) is 22.7 Å². The van der Waals surface area contributed by atoms with Crippen LogP contribution in [0, 0.1) is 0 Å². The van der Waals surface area contributed by atoms with Gasteiger partial charge in [0, 0.05) is 61.2 Å². The second kappa shape index (κ2) is 17.2. The first-order valence-corrected chi connectivity index (χ1v) is 19.2. The number of anilines is 2. The maximum absolute atomic E-state index is 13.9. The van der Waals surface area contributed by atoms with Crippen molar-refractivity contribution in [2.75, 3.05) is 56.5 Å². The molecule has 0 aliphatic carbocycles. The SMILES string of the molecule is CN(CCCCC(=O)N1CCN(c2nc3cc(C(=O)Nc4nc(C(C)(C)C)cs4)ccn3c(=O)c2/C=C/C(=O)OC(C)(C)C)CC1)CC(=O)OC(C)(C)C. The molecular formula is C39H55N7O7S. The van der Waals surface area contributed by atoms with Crippen molar-refractivity contribution in [2.45, 2.75) is 98.2 Å². The van der Waals surface area contributed by atoms with E-state index in [4.69, 9.17) is 14.5 Å². The summed E-state index contributed by atoms with van der Waals surface area (Å²) in [7, 11) is 1.86. The number of unbranched alkanes of at least 4 members (excludes halogenated alkanes) is 1. The number of carbonyl (C=O) groups is 4. The van der Waals surface area contributed by atoms with Crippen LogP contribution < -0.4 is 15.8 Å². The van der Waals surface area contributed by atoms with Crippen molar-refractivity contribution >= 4 is 57.8 Å². The van der Waals surface area contributed by atoms with Gasteiger partial charge in [0.15, 0.2) is 5.13 Å². The molecule has 3 aromatic rings. The van der Waals surface area contributed by atoms with E-state index >= 15 is 0 Å². The summed E-state index contributed by atoms with van der Waals surface area (Å²) < 4.78 is 12.1. The topological polar surface area (TPSA) is 156 Å². The van der Waals surface area contributed by atoms with Crippen LogP contribution in [0.2, 0.25) is 0 Å². The standard InChI is InChI=1S/C39H55N7O7S/c1-37(2,3)28-25-54-36(40-28)42-34(50)26-16-18-46-29(23-26)41-33(27(35(46)51)14-15-31(48)52-38(4,5)6)45-21-19-44(20-22-45)30(47)13-11-12-17-43(10)24-32(49)53-39(7,8)9/h14-16,18,23,25H,11-13,17,19-22,24H2,1-10H3,(H,40,42,50)/b15-14+. The highest BCUT2D eigenvalue weighted by Gasteiger charge is 2.26. The first kappa shape index (κ1) is 42.1. The first-order valence-electron chi connectivity index (χ1n) is 18.3. The van der Waals surface area contributed by atoms with E-state index in [-0.39, 0.29) is 41.0 Å². The monoisotopic (exact) mass is 765 g/mol. The summed E-state index contributed by atoms with van der Waals surface area (Å²) in [5.41, 5.74) is -0.243. The molecule has 3 aromatic heterocycles. The Morgan fingerprint density at radius 3 is 2.22 bits per heavy atom. The van der Waals surface area contributed by atoms with Crippen LogP contribution in [0.25, 0.3) is 11.7 Å². The van der Waals surface area contributed by atoms with Gasteiger partial charge in [-0.3, -0.25) is 33.8 Å². The largest absolute Gasteiger partial charge is 0.459 e. The highest BCUT2D eigenvalue weighted by atomic mass is 32.1. The Bertz CT molecular complexity index is 1920. The fraction of sp³-hybridized carbons (Fsp3) is 0.564. The molecule has 14 nitrogen and oxygen atoms in total. The maximum atomic E-state index is 13.9. The molecule has 0 saturated carbocycles. The number of esters is 2. The Morgan fingerprint density at radius 2 is 1.61 bits per heavy atom. The van der Waals surface area contributed by atoms with Gasteiger partial charge in [-0.25, -0.2) is 14.8 Å². The van der Waals surface area contributed by atoms with Crippen molar-refractivity contribution in [3.63, 3.8) is 0 Å². The fourth-order valence-electron chi connectivity index (χ4n) is 5.66. The second-order valence-electron chi connectivity index (χ2n) is 16.6. The minimum Gasteiger partial charge on any atom is -0.459 e. The van der Waals surface area contributed by atoms with Crippen LogP contribution in [0.5, 0.6) is 0 Å². The lowest BCUT2D eigenvalue weighted by molar-refractivity contribution is -0.156. The van der Waals surface area contributed by atoms with E-state index in [1.165, 1.54) is 40.2 Å². The van der Waals surface area contributed by atoms with Crippen molar-refractivity contribution < 1.29 is 28.7 Å². The molecule has 4 rings (SSSR count). The van der Waals surface area contributed by atoms with Crippen molar-refractivity contribution in [2.24, 2.45) is 0 Å². The van der Waals surface area contributed by atoms with Crippen molar-refractivity contribution in [1.82, 2.24) is 24.2 Å². The van der Waals surface area contributed by atoms with Gasteiger partial charge in [0.05, 0.1) is 17.8 Å². The van der Waals surface area contributed by atoms with Crippen molar-refractivity contribution in [1.29, 1.82) is 0 Å². The molecule has 4 heterocycles. The lowest BCUT2D eigenvalue weighted by Crippen LogP contribution is -2.49. The van der Waals surface area contributed by atoms with E-state index < -0.39 is 22.7 Å². The fourth-order valence-corrected chi connectivity index (χ4v) is 6.59. The molecule has 0 bridgehead atoms. The highest BCUT2D eigenvalue weighted by Crippen LogP contribution is 2.27. The lowest BCUT2D eigenvalue weighted by Gasteiger charge is -2.36. The average Bonchev–Trinajstić information content (AvgIpc) is 3.53. The van der Waals surface area contributed by atoms with Gasteiger partial charge in [-0.05, 0) is 86.2 Å². The molecule has 1 N–H and O–H groups in total. The van der Waals surface area contributed by atoms with E-state index in [1.54, 1.807) is 31.7 Å². The Kier molecular flexibility index (Phi) is 13.4. The normalized spacial score (nSPS) is 14.2. The molecule has 1 saturated heterocycles. The number of thiazole rings is 1. The molecule has 1 aliphatic heterocycles. The van der Waals surface area contributed by atoms with E-state index in [9.17, 15) is 24.0 Å². The van der Waals surface area contributed by atoms with E-state index in [0.717, 1.165) is 12.1 Å².